The molecule has 1 aromatic carbocycles. The molecule has 3 nitrogen and oxygen atoms in total. The summed E-state index contributed by atoms with van der Waals surface area (Å²) in [4.78, 5) is 2.29. The van der Waals surface area contributed by atoms with Gasteiger partial charge in [0.2, 0.25) is 0 Å². The Morgan fingerprint density at radius 1 is 1.32 bits per heavy atom. The third-order valence-corrected chi connectivity index (χ3v) is 4.14. The van der Waals surface area contributed by atoms with Crippen molar-refractivity contribution >= 4 is 11.6 Å². The van der Waals surface area contributed by atoms with E-state index in [1.165, 1.54) is 19.3 Å². The average Bonchev–Trinajstić information content (AvgIpc) is 2.33. The van der Waals surface area contributed by atoms with Crippen LogP contribution in [-0.4, -0.2) is 40.9 Å². The predicted molar refractivity (Wildman–Crippen MR) is 77.3 cm³/mol. The molecule has 2 rings (SSSR count). The summed E-state index contributed by atoms with van der Waals surface area (Å²) in [5, 5.41) is 19.9. The van der Waals surface area contributed by atoms with Gasteiger partial charge in [0.05, 0.1) is 12.7 Å². The molecule has 0 aliphatic heterocycles. The highest BCUT2D eigenvalue weighted by atomic mass is 35.5. The maximum Gasteiger partial charge on any atom is 0.0802 e. The van der Waals surface area contributed by atoms with Gasteiger partial charge in [-0.1, -0.05) is 30.2 Å². The summed E-state index contributed by atoms with van der Waals surface area (Å²) < 4.78 is 0. The summed E-state index contributed by atoms with van der Waals surface area (Å²) in [5.74, 6) is 0. The molecule has 0 aromatic heterocycles. The second kappa shape index (κ2) is 7.25. The SMILES string of the molecule is OCCN(CCC(O)c1cccc(Cl)c1)C1CCC1. The Morgan fingerprint density at radius 3 is 2.68 bits per heavy atom. The first-order valence-electron chi connectivity index (χ1n) is 6.99. The molecule has 1 saturated carbocycles. The highest BCUT2D eigenvalue weighted by molar-refractivity contribution is 6.30. The van der Waals surface area contributed by atoms with Crippen molar-refractivity contribution in [3.8, 4) is 0 Å². The Kier molecular flexibility index (Phi) is 5.64. The Labute approximate surface area is 119 Å². The van der Waals surface area contributed by atoms with Gasteiger partial charge in [-0.2, -0.15) is 0 Å². The third-order valence-electron chi connectivity index (χ3n) is 3.90. The molecule has 1 aromatic rings. The number of aliphatic hydroxyl groups excluding tert-OH is 2. The maximum absolute atomic E-state index is 10.2. The van der Waals surface area contributed by atoms with Crippen molar-refractivity contribution in [2.24, 2.45) is 0 Å². The first-order valence-corrected chi connectivity index (χ1v) is 7.37. The first-order chi connectivity index (χ1) is 9.20. The minimum atomic E-state index is -0.486. The van der Waals surface area contributed by atoms with Crippen molar-refractivity contribution in [1.29, 1.82) is 0 Å². The zero-order chi connectivity index (χ0) is 13.7. The number of hydrogen-bond donors (Lipinski definition) is 2. The minimum absolute atomic E-state index is 0.184. The van der Waals surface area contributed by atoms with E-state index in [0.717, 1.165) is 12.1 Å². The zero-order valence-electron chi connectivity index (χ0n) is 11.1. The molecule has 1 fully saturated rings. The van der Waals surface area contributed by atoms with E-state index in [2.05, 4.69) is 4.90 Å². The fourth-order valence-corrected chi connectivity index (χ4v) is 2.72. The van der Waals surface area contributed by atoms with Crippen LogP contribution >= 0.6 is 11.6 Å². The largest absolute Gasteiger partial charge is 0.395 e. The van der Waals surface area contributed by atoms with Gasteiger partial charge in [0.1, 0.15) is 0 Å². The predicted octanol–water partition coefficient (Wildman–Crippen LogP) is 2.61. The van der Waals surface area contributed by atoms with E-state index in [4.69, 9.17) is 16.7 Å². The standard InChI is InChI=1S/C15H22ClNO2/c16-13-4-1-3-12(11-13)15(19)7-8-17(9-10-18)14-5-2-6-14/h1,3-4,11,14-15,18-19H,2,5-10H2. The summed E-state index contributed by atoms with van der Waals surface area (Å²) in [5.41, 5.74) is 0.866. The fraction of sp³-hybridized carbons (Fsp3) is 0.600. The van der Waals surface area contributed by atoms with E-state index in [1.807, 2.05) is 24.3 Å². The lowest BCUT2D eigenvalue weighted by atomic mass is 9.91. The first kappa shape index (κ1) is 14.8. The molecule has 0 radical (unpaired) electrons. The van der Waals surface area contributed by atoms with Gasteiger partial charge in [-0.15, -0.1) is 0 Å². The van der Waals surface area contributed by atoms with Crippen LogP contribution in [0.1, 0.15) is 37.4 Å². The van der Waals surface area contributed by atoms with Crippen LogP contribution in [0.3, 0.4) is 0 Å². The van der Waals surface area contributed by atoms with Gasteiger partial charge >= 0.3 is 0 Å². The lowest BCUT2D eigenvalue weighted by molar-refractivity contribution is 0.0765. The van der Waals surface area contributed by atoms with Gasteiger partial charge in [0.15, 0.2) is 0 Å². The molecule has 1 aliphatic carbocycles. The summed E-state index contributed by atoms with van der Waals surface area (Å²) in [6.45, 7) is 1.70. The molecule has 19 heavy (non-hydrogen) atoms. The average molecular weight is 284 g/mol. The molecule has 2 N–H and O–H groups in total. The number of halogens is 1. The third kappa shape index (κ3) is 4.18. The summed E-state index contributed by atoms with van der Waals surface area (Å²) in [6, 6.07) is 7.98. The van der Waals surface area contributed by atoms with Crippen molar-refractivity contribution in [3.05, 3.63) is 34.9 Å². The van der Waals surface area contributed by atoms with Crippen molar-refractivity contribution in [3.63, 3.8) is 0 Å². The van der Waals surface area contributed by atoms with E-state index >= 15 is 0 Å². The Hall–Kier alpha value is -0.610. The van der Waals surface area contributed by atoms with Crippen LogP contribution in [0.4, 0.5) is 0 Å². The van der Waals surface area contributed by atoms with Crippen LogP contribution in [0.2, 0.25) is 5.02 Å². The molecule has 0 bridgehead atoms. The Bertz CT molecular complexity index is 395. The molecule has 0 amide bonds. The van der Waals surface area contributed by atoms with Gasteiger partial charge in [0.25, 0.3) is 0 Å². The second-order valence-corrected chi connectivity index (χ2v) is 5.64. The molecule has 106 valence electrons. The normalized spacial score (nSPS) is 17.5. The van der Waals surface area contributed by atoms with Crippen molar-refractivity contribution in [2.75, 3.05) is 19.7 Å². The zero-order valence-corrected chi connectivity index (χ0v) is 11.9. The smallest absolute Gasteiger partial charge is 0.0802 e. The van der Waals surface area contributed by atoms with Crippen LogP contribution in [0.15, 0.2) is 24.3 Å². The van der Waals surface area contributed by atoms with E-state index < -0.39 is 6.10 Å². The summed E-state index contributed by atoms with van der Waals surface area (Å²) in [6.07, 6.45) is 3.90. The maximum atomic E-state index is 10.2. The van der Waals surface area contributed by atoms with Gasteiger partial charge in [-0.05, 0) is 37.0 Å². The van der Waals surface area contributed by atoms with Crippen LogP contribution < -0.4 is 0 Å². The Morgan fingerprint density at radius 2 is 2.11 bits per heavy atom. The van der Waals surface area contributed by atoms with E-state index in [1.54, 1.807) is 0 Å². The van der Waals surface area contributed by atoms with Crippen molar-refractivity contribution in [2.45, 2.75) is 37.8 Å². The van der Waals surface area contributed by atoms with Crippen LogP contribution in [-0.2, 0) is 0 Å². The van der Waals surface area contributed by atoms with E-state index in [9.17, 15) is 5.11 Å². The van der Waals surface area contributed by atoms with Crippen LogP contribution in [0.25, 0.3) is 0 Å². The molecule has 1 unspecified atom stereocenters. The van der Waals surface area contributed by atoms with Crippen molar-refractivity contribution in [1.82, 2.24) is 4.90 Å². The lowest BCUT2D eigenvalue weighted by Crippen LogP contribution is -2.42. The number of hydrogen-bond acceptors (Lipinski definition) is 3. The van der Waals surface area contributed by atoms with Gasteiger partial charge in [0, 0.05) is 24.2 Å². The molecule has 1 aliphatic rings. The van der Waals surface area contributed by atoms with Crippen LogP contribution in [0.5, 0.6) is 0 Å². The Balaban J connectivity index is 1.85. The highest BCUT2D eigenvalue weighted by Crippen LogP contribution is 2.26. The topological polar surface area (TPSA) is 43.7 Å². The number of aliphatic hydroxyl groups is 2. The fourth-order valence-electron chi connectivity index (χ4n) is 2.53. The summed E-state index contributed by atoms with van der Waals surface area (Å²) in [7, 11) is 0. The quantitative estimate of drug-likeness (QED) is 0.808. The molecular formula is C15H22ClNO2. The molecule has 0 spiro atoms. The van der Waals surface area contributed by atoms with Crippen molar-refractivity contribution < 1.29 is 10.2 Å². The molecule has 4 heteroatoms. The number of benzene rings is 1. The number of rotatable bonds is 7. The molecule has 0 heterocycles. The molecular weight excluding hydrogens is 262 g/mol. The number of nitrogens with zero attached hydrogens (tertiary/aromatic N) is 1. The van der Waals surface area contributed by atoms with E-state index in [-0.39, 0.29) is 6.61 Å². The lowest BCUT2D eigenvalue weighted by Gasteiger charge is -2.37. The molecule has 0 saturated heterocycles. The minimum Gasteiger partial charge on any atom is -0.395 e. The van der Waals surface area contributed by atoms with Gasteiger partial charge in [-0.3, -0.25) is 4.90 Å². The summed E-state index contributed by atoms with van der Waals surface area (Å²) >= 11 is 5.93. The van der Waals surface area contributed by atoms with E-state index in [0.29, 0.717) is 24.0 Å². The van der Waals surface area contributed by atoms with Gasteiger partial charge in [-0.25, -0.2) is 0 Å². The van der Waals surface area contributed by atoms with Gasteiger partial charge < -0.3 is 10.2 Å². The van der Waals surface area contributed by atoms with Crippen LogP contribution in [0, 0.1) is 0 Å². The second-order valence-electron chi connectivity index (χ2n) is 5.20. The molecule has 1 atom stereocenters. The monoisotopic (exact) mass is 283 g/mol. The highest BCUT2D eigenvalue weighted by Gasteiger charge is 2.24.